The molecule has 1 aromatic carbocycles. The van der Waals surface area contributed by atoms with Gasteiger partial charge in [-0.05, 0) is 49.9 Å². The second kappa shape index (κ2) is 9.27. The number of aromatic nitrogens is 4. The van der Waals surface area contributed by atoms with E-state index in [2.05, 4.69) is 15.0 Å². The minimum atomic E-state index is 0. The molecular formula is C18H25Cl2N7O. The average Bonchev–Trinajstić information content (AvgIpc) is 3.12. The first-order chi connectivity index (χ1) is 12.7. The molecule has 10 heteroatoms. The van der Waals surface area contributed by atoms with Gasteiger partial charge in [-0.3, -0.25) is 4.57 Å². The molecule has 3 aromatic rings. The van der Waals surface area contributed by atoms with Gasteiger partial charge in [-0.2, -0.15) is 4.98 Å². The van der Waals surface area contributed by atoms with Crippen molar-refractivity contribution in [1.29, 1.82) is 0 Å². The Morgan fingerprint density at radius 1 is 1.14 bits per heavy atom. The van der Waals surface area contributed by atoms with Crippen LogP contribution in [-0.4, -0.2) is 32.7 Å². The van der Waals surface area contributed by atoms with Crippen molar-refractivity contribution in [3.63, 3.8) is 0 Å². The van der Waals surface area contributed by atoms with E-state index in [0.717, 1.165) is 48.1 Å². The molecule has 152 valence electrons. The smallest absolute Gasteiger partial charge is 0.204 e. The van der Waals surface area contributed by atoms with Crippen molar-refractivity contribution in [3.8, 4) is 5.75 Å². The Bertz CT molecular complexity index is 976. The minimum Gasteiger partial charge on any atom is -0.497 e. The summed E-state index contributed by atoms with van der Waals surface area (Å²) in [5.41, 5.74) is 15.3. The number of benzene rings is 1. The fourth-order valence-corrected chi connectivity index (χ4v) is 3.54. The maximum atomic E-state index is 6.30. The van der Waals surface area contributed by atoms with Gasteiger partial charge in [0.25, 0.3) is 0 Å². The molecule has 4 rings (SSSR count). The molecule has 1 aliphatic carbocycles. The van der Waals surface area contributed by atoms with Crippen LogP contribution in [0, 0.1) is 0 Å². The predicted molar refractivity (Wildman–Crippen MR) is 114 cm³/mol. The van der Waals surface area contributed by atoms with E-state index in [1.807, 2.05) is 28.8 Å². The van der Waals surface area contributed by atoms with Gasteiger partial charge in [-0.15, -0.1) is 24.8 Å². The Balaban J connectivity index is 0.00000140. The summed E-state index contributed by atoms with van der Waals surface area (Å²) in [4.78, 5) is 16.7. The van der Waals surface area contributed by atoms with E-state index in [-0.39, 0.29) is 36.9 Å². The number of anilines is 1. The van der Waals surface area contributed by atoms with Crippen molar-refractivity contribution in [2.45, 2.75) is 37.8 Å². The molecule has 0 aliphatic heterocycles. The molecule has 1 aliphatic rings. The number of rotatable bonds is 3. The summed E-state index contributed by atoms with van der Waals surface area (Å²) in [5.74, 6) is 1.22. The van der Waals surface area contributed by atoms with Crippen LogP contribution in [0.25, 0.3) is 11.2 Å². The summed E-state index contributed by atoms with van der Waals surface area (Å²) in [6, 6.07) is 8.10. The number of halogens is 2. The second-order valence-corrected chi connectivity index (χ2v) is 6.64. The fourth-order valence-electron chi connectivity index (χ4n) is 3.54. The van der Waals surface area contributed by atoms with Gasteiger partial charge >= 0.3 is 0 Å². The van der Waals surface area contributed by atoms with Crippen LogP contribution in [0.2, 0.25) is 0 Å². The van der Waals surface area contributed by atoms with E-state index in [9.17, 15) is 0 Å². The zero-order valence-corrected chi connectivity index (χ0v) is 17.2. The molecule has 8 nitrogen and oxygen atoms in total. The highest BCUT2D eigenvalue weighted by Gasteiger charge is 2.23. The van der Waals surface area contributed by atoms with Crippen molar-refractivity contribution < 1.29 is 4.74 Å². The highest BCUT2D eigenvalue weighted by molar-refractivity contribution is 5.85. The highest BCUT2D eigenvalue weighted by Crippen LogP contribution is 2.28. The van der Waals surface area contributed by atoms with E-state index in [1.165, 1.54) is 0 Å². The van der Waals surface area contributed by atoms with Gasteiger partial charge in [-0.25, -0.2) is 9.98 Å². The molecule has 0 saturated heterocycles. The normalized spacial score (nSPS) is 19.7. The Morgan fingerprint density at radius 2 is 1.82 bits per heavy atom. The first-order valence-corrected chi connectivity index (χ1v) is 8.81. The van der Waals surface area contributed by atoms with Crippen molar-refractivity contribution in [1.82, 2.24) is 19.5 Å². The van der Waals surface area contributed by atoms with Crippen LogP contribution in [-0.2, 0) is 0 Å². The van der Waals surface area contributed by atoms with E-state index < -0.39 is 0 Å². The number of nitrogens with zero attached hydrogens (tertiary/aromatic N) is 4. The maximum Gasteiger partial charge on any atom is 0.204 e. The minimum absolute atomic E-state index is 0. The number of nitrogens with one attached hydrogen (secondary N) is 1. The van der Waals surface area contributed by atoms with Crippen LogP contribution in [0.4, 0.5) is 11.6 Å². The number of hydrogen-bond acceptors (Lipinski definition) is 6. The van der Waals surface area contributed by atoms with Gasteiger partial charge in [0, 0.05) is 12.1 Å². The molecule has 0 atom stereocenters. The zero-order chi connectivity index (χ0) is 18.1. The SMILES string of the molecule is COc1ccc(N=c2c3[nH]cnc3nc(N)n2C2CCC(N)CC2)cc1.Cl.Cl. The van der Waals surface area contributed by atoms with E-state index in [1.54, 1.807) is 13.4 Å². The molecule has 5 N–H and O–H groups in total. The molecule has 0 amide bonds. The third-order valence-electron chi connectivity index (χ3n) is 4.95. The van der Waals surface area contributed by atoms with Gasteiger partial charge in [0.15, 0.2) is 11.1 Å². The number of ether oxygens (including phenoxy) is 1. The number of fused-ring (bicyclic) bond motifs is 1. The number of methoxy groups -OCH3 is 1. The molecule has 2 aromatic heterocycles. The predicted octanol–water partition coefficient (Wildman–Crippen LogP) is 2.87. The third kappa shape index (κ3) is 4.24. The van der Waals surface area contributed by atoms with Gasteiger partial charge < -0.3 is 21.2 Å². The number of hydrogen-bond donors (Lipinski definition) is 3. The number of aromatic amines is 1. The summed E-state index contributed by atoms with van der Waals surface area (Å²) in [6.07, 6.45) is 5.48. The lowest BCUT2D eigenvalue weighted by molar-refractivity contribution is 0.319. The van der Waals surface area contributed by atoms with Crippen molar-refractivity contribution in [2.75, 3.05) is 12.8 Å². The Labute approximate surface area is 175 Å². The van der Waals surface area contributed by atoms with E-state index in [4.69, 9.17) is 21.2 Å². The van der Waals surface area contributed by atoms with Crippen LogP contribution in [0.15, 0.2) is 35.6 Å². The lowest BCUT2D eigenvalue weighted by atomic mass is 9.91. The van der Waals surface area contributed by atoms with Gasteiger partial charge in [-0.1, -0.05) is 0 Å². The molecule has 2 heterocycles. The fraction of sp³-hybridized carbons (Fsp3) is 0.389. The first-order valence-electron chi connectivity index (χ1n) is 8.81. The van der Waals surface area contributed by atoms with E-state index in [0.29, 0.717) is 11.6 Å². The molecule has 1 fully saturated rings. The van der Waals surface area contributed by atoms with Gasteiger partial charge in [0.2, 0.25) is 5.95 Å². The summed E-state index contributed by atoms with van der Waals surface area (Å²) in [7, 11) is 1.64. The number of imidazole rings is 1. The number of H-pyrrole nitrogens is 1. The van der Waals surface area contributed by atoms with Crippen molar-refractivity contribution >= 4 is 47.6 Å². The van der Waals surface area contributed by atoms with Crippen LogP contribution in [0.5, 0.6) is 5.75 Å². The van der Waals surface area contributed by atoms with Gasteiger partial charge in [0.05, 0.1) is 19.1 Å². The highest BCUT2D eigenvalue weighted by atomic mass is 35.5. The van der Waals surface area contributed by atoms with Crippen LogP contribution in [0.1, 0.15) is 31.7 Å². The second-order valence-electron chi connectivity index (χ2n) is 6.64. The molecule has 0 unspecified atom stereocenters. The summed E-state index contributed by atoms with van der Waals surface area (Å²) >= 11 is 0. The Kier molecular flexibility index (Phi) is 7.29. The van der Waals surface area contributed by atoms with Crippen molar-refractivity contribution in [2.24, 2.45) is 10.7 Å². The monoisotopic (exact) mass is 425 g/mol. The Hall–Kier alpha value is -2.29. The molecule has 0 bridgehead atoms. The van der Waals surface area contributed by atoms with Crippen molar-refractivity contribution in [3.05, 3.63) is 36.1 Å². The number of nitrogens with two attached hydrogens (primary N) is 2. The van der Waals surface area contributed by atoms with E-state index >= 15 is 0 Å². The summed E-state index contributed by atoms with van der Waals surface area (Å²) in [6.45, 7) is 0. The Morgan fingerprint density at radius 3 is 2.46 bits per heavy atom. The molecular weight excluding hydrogens is 401 g/mol. The quantitative estimate of drug-likeness (QED) is 0.595. The van der Waals surface area contributed by atoms with Gasteiger partial charge in [0.1, 0.15) is 11.3 Å². The van der Waals surface area contributed by atoms with Crippen LogP contribution in [0.3, 0.4) is 0 Å². The molecule has 28 heavy (non-hydrogen) atoms. The average molecular weight is 426 g/mol. The first kappa shape index (κ1) is 22.0. The van der Waals surface area contributed by atoms with Crippen LogP contribution >= 0.6 is 24.8 Å². The molecule has 0 radical (unpaired) electrons. The third-order valence-corrected chi connectivity index (χ3v) is 4.95. The number of nitrogen functional groups attached to an aromatic ring is 1. The standard InChI is InChI=1S/C18H23N7O.2ClH/c1-26-14-8-4-12(5-9-14)23-17-15-16(22-10-21-15)24-18(20)25(17)13-6-2-11(19)3-7-13;;/h4-5,8-11,13H,2-3,6-7,19H2,1H3,(H2,20,24)(H,21,22);2*1H. The maximum absolute atomic E-state index is 6.30. The summed E-state index contributed by atoms with van der Waals surface area (Å²) in [5, 5.41) is 0. The van der Waals surface area contributed by atoms with Crippen LogP contribution < -0.4 is 21.7 Å². The lowest BCUT2D eigenvalue weighted by Crippen LogP contribution is -2.34. The largest absolute Gasteiger partial charge is 0.497 e. The topological polar surface area (TPSA) is 120 Å². The lowest BCUT2D eigenvalue weighted by Gasteiger charge is -2.29. The molecule has 1 saturated carbocycles. The molecule has 0 spiro atoms. The summed E-state index contributed by atoms with van der Waals surface area (Å²) < 4.78 is 7.24. The zero-order valence-electron chi connectivity index (χ0n) is 15.5.